The molecule has 0 spiro atoms. The molecule has 1 heterocycles. The third kappa shape index (κ3) is 4.44. The van der Waals surface area contributed by atoms with Crippen LogP contribution in [0.5, 0.6) is 5.75 Å². The van der Waals surface area contributed by atoms with E-state index >= 15 is 0 Å². The minimum Gasteiger partial charge on any atom is -0.494 e. The molecule has 1 aromatic carbocycles. The van der Waals surface area contributed by atoms with E-state index < -0.39 is 11.5 Å². The van der Waals surface area contributed by atoms with Gasteiger partial charge in [0.1, 0.15) is 11.3 Å². The van der Waals surface area contributed by atoms with Crippen molar-refractivity contribution < 1.29 is 9.53 Å². The van der Waals surface area contributed by atoms with Crippen LogP contribution < -0.4 is 15.6 Å². The van der Waals surface area contributed by atoms with E-state index in [0.29, 0.717) is 29.5 Å². The number of nitrogens with one attached hydrogen (secondary N) is 2. The summed E-state index contributed by atoms with van der Waals surface area (Å²) < 4.78 is 5.64. The van der Waals surface area contributed by atoms with Crippen LogP contribution in [0, 0.1) is 19.8 Å². The second-order valence-corrected chi connectivity index (χ2v) is 6.15. The normalized spacial score (nSPS) is 10.7. The van der Waals surface area contributed by atoms with Crippen molar-refractivity contribution in [2.75, 3.05) is 11.9 Å². The van der Waals surface area contributed by atoms with E-state index in [-0.39, 0.29) is 5.56 Å². The number of hydrogen-bond acceptors (Lipinski definition) is 4. The predicted octanol–water partition coefficient (Wildman–Crippen LogP) is 3.06. The number of rotatable bonds is 6. The van der Waals surface area contributed by atoms with Crippen LogP contribution in [-0.4, -0.2) is 22.7 Å². The summed E-state index contributed by atoms with van der Waals surface area (Å²) in [6.07, 6.45) is 0.988. The van der Waals surface area contributed by atoms with Crippen molar-refractivity contribution in [1.29, 1.82) is 0 Å². The molecule has 2 rings (SSSR count). The Bertz CT molecular complexity index is 764. The highest BCUT2D eigenvalue weighted by Crippen LogP contribution is 2.17. The lowest BCUT2D eigenvalue weighted by Gasteiger charge is -2.10. The van der Waals surface area contributed by atoms with Gasteiger partial charge >= 0.3 is 0 Å². The van der Waals surface area contributed by atoms with Gasteiger partial charge in [0.25, 0.3) is 11.5 Å². The van der Waals surface area contributed by atoms with Crippen molar-refractivity contribution in [2.45, 2.75) is 34.1 Å². The lowest BCUT2D eigenvalue weighted by Crippen LogP contribution is -2.26. The zero-order chi connectivity index (χ0) is 17.7. The molecule has 2 N–H and O–H groups in total. The van der Waals surface area contributed by atoms with Crippen LogP contribution in [0.4, 0.5) is 5.69 Å². The number of amides is 1. The lowest BCUT2D eigenvalue weighted by atomic mass is 10.1. The quantitative estimate of drug-likeness (QED) is 0.853. The van der Waals surface area contributed by atoms with Crippen LogP contribution in [0.3, 0.4) is 0 Å². The summed E-state index contributed by atoms with van der Waals surface area (Å²) in [7, 11) is 0. The van der Waals surface area contributed by atoms with E-state index in [4.69, 9.17) is 4.74 Å². The van der Waals surface area contributed by atoms with Gasteiger partial charge in [-0.05, 0) is 56.0 Å². The molecule has 0 aliphatic heterocycles. The fraction of sp³-hybridized carbons (Fsp3) is 0.389. The molecule has 0 unspecified atom stereocenters. The van der Waals surface area contributed by atoms with Gasteiger partial charge in [-0.2, -0.15) is 5.10 Å². The van der Waals surface area contributed by atoms with Gasteiger partial charge in [0.15, 0.2) is 0 Å². The van der Waals surface area contributed by atoms with Gasteiger partial charge in [0, 0.05) is 5.69 Å². The van der Waals surface area contributed by atoms with Gasteiger partial charge in [0.05, 0.1) is 12.3 Å². The highest BCUT2D eigenvalue weighted by atomic mass is 16.5. The van der Waals surface area contributed by atoms with Gasteiger partial charge in [-0.3, -0.25) is 9.59 Å². The Hall–Kier alpha value is -2.63. The van der Waals surface area contributed by atoms with Gasteiger partial charge in [-0.1, -0.05) is 13.8 Å². The van der Waals surface area contributed by atoms with Crippen molar-refractivity contribution in [1.82, 2.24) is 10.2 Å². The Balaban J connectivity index is 2.05. The van der Waals surface area contributed by atoms with Gasteiger partial charge in [-0.15, -0.1) is 0 Å². The number of nitrogens with zero attached hydrogens (tertiary/aromatic N) is 1. The van der Waals surface area contributed by atoms with Crippen LogP contribution >= 0.6 is 0 Å². The zero-order valence-corrected chi connectivity index (χ0v) is 14.5. The second kappa shape index (κ2) is 7.77. The number of ether oxygens (including phenoxy) is 1. The summed E-state index contributed by atoms with van der Waals surface area (Å²) in [5.41, 5.74) is 1.38. The second-order valence-electron chi connectivity index (χ2n) is 6.15. The summed E-state index contributed by atoms with van der Waals surface area (Å²) in [6.45, 7) is 8.40. The smallest absolute Gasteiger partial charge is 0.277 e. The molecular formula is C18H23N3O3. The van der Waals surface area contributed by atoms with Gasteiger partial charge in [-0.25, -0.2) is 5.10 Å². The first kappa shape index (κ1) is 17.7. The third-order valence-corrected chi connectivity index (χ3v) is 3.77. The summed E-state index contributed by atoms with van der Waals surface area (Å²) in [4.78, 5) is 24.2. The molecule has 0 aliphatic rings. The Morgan fingerprint density at radius 3 is 2.54 bits per heavy atom. The number of benzene rings is 1. The highest BCUT2D eigenvalue weighted by molar-refractivity contribution is 6.05. The van der Waals surface area contributed by atoms with E-state index in [9.17, 15) is 9.59 Å². The molecule has 2 aromatic rings. The van der Waals surface area contributed by atoms with E-state index in [2.05, 4.69) is 29.4 Å². The first-order chi connectivity index (χ1) is 11.4. The van der Waals surface area contributed by atoms with Crippen molar-refractivity contribution in [3.05, 3.63) is 51.4 Å². The van der Waals surface area contributed by atoms with E-state index in [1.54, 1.807) is 38.1 Å². The maximum Gasteiger partial charge on any atom is 0.277 e. The van der Waals surface area contributed by atoms with E-state index in [1.165, 1.54) is 0 Å². The van der Waals surface area contributed by atoms with Crippen LogP contribution in [0.15, 0.2) is 29.1 Å². The molecule has 128 valence electrons. The fourth-order valence-electron chi connectivity index (χ4n) is 2.14. The Kier molecular flexibility index (Phi) is 5.73. The maximum absolute atomic E-state index is 12.3. The van der Waals surface area contributed by atoms with Crippen molar-refractivity contribution in [3.8, 4) is 5.75 Å². The number of H-pyrrole nitrogens is 1. The number of carbonyl (C=O) groups is 1. The number of aromatic amines is 1. The van der Waals surface area contributed by atoms with Gasteiger partial charge < -0.3 is 10.1 Å². The molecule has 0 saturated heterocycles. The maximum atomic E-state index is 12.3. The Morgan fingerprint density at radius 1 is 1.25 bits per heavy atom. The van der Waals surface area contributed by atoms with E-state index in [1.807, 2.05) is 0 Å². The molecule has 24 heavy (non-hydrogen) atoms. The van der Waals surface area contributed by atoms with Crippen LogP contribution in [0.1, 0.15) is 41.9 Å². The topological polar surface area (TPSA) is 84.1 Å². The van der Waals surface area contributed by atoms with Crippen LogP contribution in [0.25, 0.3) is 0 Å². The number of aryl methyl sites for hydroxylation is 1. The predicted molar refractivity (Wildman–Crippen MR) is 93.7 cm³/mol. The molecule has 6 nitrogen and oxygen atoms in total. The minimum atomic E-state index is -0.496. The van der Waals surface area contributed by atoms with Crippen LogP contribution in [-0.2, 0) is 0 Å². The standard InChI is InChI=1S/C18H23N3O3/c1-11(2)9-10-24-15-7-5-14(6-8-15)19-17(22)16-12(3)13(4)20-21-18(16)23/h5-8,11H,9-10H2,1-4H3,(H,19,22)(H,21,23). The summed E-state index contributed by atoms with van der Waals surface area (Å²) >= 11 is 0. The molecule has 1 amide bonds. The number of anilines is 1. The van der Waals surface area contributed by atoms with Crippen molar-refractivity contribution in [3.63, 3.8) is 0 Å². The van der Waals surface area contributed by atoms with Crippen molar-refractivity contribution in [2.24, 2.45) is 5.92 Å². The van der Waals surface area contributed by atoms with Crippen molar-refractivity contribution >= 4 is 11.6 Å². The Morgan fingerprint density at radius 2 is 1.92 bits per heavy atom. The van der Waals surface area contributed by atoms with Gasteiger partial charge in [0.2, 0.25) is 0 Å². The monoisotopic (exact) mass is 329 g/mol. The summed E-state index contributed by atoms with van der Waals surface area (Å²) in [6, 6.07) is 7.09. The molecule has 1 aromatic heterocycles. The molecule has 0 atom stereocenters. The Labute approximate surface area is 141 Å². The number of carbonyl (C=O) groups excluding carboxylic acids is 1. The average Bonchev–Trinajstić information content (AvgIpc) is 2.53. The summed E-state index contributed by atoms with van der Waals surface area (Å²) in [5.74, 6) is 0.892. The SMILES string of the molecule is Cc1n[nH]c(=O)c(C(=O)Nc2ccc(OCCC(C)C)cc2)c1C. The molecule has 0 saturated carbocycles. The third-order valence-electron chi connectivity index (χ3n) is 3.77. The first-order valence-corrected chi connectivity index (χ1v) is 7.98. The molecule has 0 aliphatic carbocycles. The number of aromatic nitrogens is 2. The first-order valence-electron chi connectivity index (χ1n) is 7.98. The minimum absolute atomic E-state index is 0.0831. The van der Waals surface area contributed by atoms with E-state index in [0.717, 1.165) is 12.2 Å². The van der Waals surface area contributed by atoms with Crippen LogP contribution in [0.2, 0.25) is 0 Å². The molecular weight excluding hydrogens is 306 g/mol. The molecule has 0 fully saturated rings. The molecule has 0 bridgehead atoms. The molecule has 6 heteroatoms. The molecule has 0 radical (unpaired) electrons. The lowest BCUT2D eigenvalue weighted by molar-refractivity contribution is 0.102. The zero-order valence-electron chi connectivity index (χ0n) is 14.5. The largest absolute Gasteiger partial charge is 0.494 e. The fourth-order valence-corrected chi connectivity index (χ4v) is 2.14. The highest BCUT2D eigenvalue weighted by Gasteiger charge is 2.16. The number of hydrogen-bond donors (Lipinski definition) is 2. The average molecular weight is 329 g/mol. The summed E-state index contributed by atoms with van der Waals surface area (Å²) in [5, 5.41) is 8.90.